The summed E-state index contributed by atoms with van der Waals surface area (Å²) in [6, 6.07) is 14.7. The molecule has 12 nitrogen and oxygen atoms in total. The Labute approximate surface area is 235 Å². The Kier molecular flexibility index (Phi) is 6.28. The molecule has 3 aliphatic rings. The lowest BCUT2D eigenvalue weighted by molar-refractivity contribution is 0.0747. The molecule has 3 aromatic heterocycles. The van der Waals surface area contributed by atoms with Gasteiger partial charge in [0.2, 0.25) is 5.95 Å². The summed E-state index contributed by atoms with van der Waals surface area (Å²) in [5.74, 6) is 1.86. The molecule has 2 aromatic carbocycles. The number of H-pyrrole nitrogens is 1. The van der Waals surface area contributed by atoms with E-state index in [1.165, 1.54) is 0 Å². The van der Waals surface area contributed by atoms with Crippen molar-refractivity contribution in [1.82, 2.24) is 34.8 Å². The average molecular weight is 554 g/mol. The molecule has 1 atom stereocenters. The Morgan fingerprint density at radius 3 is 2.63 bits per heavy atom. The Balaban J connectivity index is 1.24. The van der Waals surface area contributed by atoms with Crippen LogP contribution in [0.5, 0.6) is 0 Å². The molecule has 0 amide bonds. The van der Waals surface area contributed by atoms with Gasteiger partial charge in [0.25, 0.3) is 11.4 Å². The topological polar surface area (TPSA) is 150 Å². The van der Waals surface area contributed by atoms with Crippen LogP contribution < -0.4 is 16.2 Å². The first-order valence-electron chi connectivity index (χ1n) is 13.8. The fourth-order valence-corrected chi connectivity index (χ4v) is 5.98. The molecule has 4 N–H and O–H groups in total. The van der Waals surface area contributed by atoms with Crippen LogP contribution in [0.1, 0.15) is 36.7 Å². The van der Waals surface area contributed by atoms with Gasteiger partial charge in [0, 0.05) is 24.3 Å². The fraction of sp³-hybridized carbons (Fsp3) is 0.345. The van der Waals surface area contributed by atoms with E-state index >= 15 is 0 Å². The monoisotopic (exact) mass is 553 g/mol. The number of hydrogen-bond acceptors (Lipinski definition) is 10. The number of rotatable bonds is 8. The van der Waals surface area contributed by atoms with E-state index in [4.69, 9.17) is 14.5 Å². The zero-order chi connectivity index (χ0) is 28.0. The van der Waals surface area contributed by atoms with Gasteiger partial charge in [-0.15, -0.1) is 0 Å². The third kappa shape index (κ3) is 4.64. The van der Waals surface area contributed by atoms with Crippen LogP contribution in [0.15, 0.2) is 64.0 Å². The third-order valence-electron chi connectivity index (χ3n) is 8.46. The number of aliphatic hydroxyl groups excluding tert-OH is 1. The molecule has 12 heteroatoms. The van der Waals surface area contributed by atoms with E-state index in [1.807, 2.05) is 42.5 Å². The van der Waals surface area contributed by atoms with Crippen molar-refractivity contribution in [3.8, 4) is 11.5 Å². The number of benzene rings is 2. The zero-order valence-corrected chi connectivity index (χ0v) is 22.7. The smallest absolute Gasteiger partial charge is 0.271 e. The molecule has 6 heterocycles. The quantitative estimate of drug-likeness (QED) is 0.225. The Morgan fingerprint density at radius 1 is 1.10 bits per heavy atom. The largest absolute Gasteiger partial charge is 0.394 e. The van der Waals surface area contributed by atoms with Crippen LogP contribution >= 0.6 is 0 Å². The first-order chi connectivity index (χ1) is 20.0. The van der Waals surface area contributed by atoms with Crippen molar-refractivity contribution in [2.24, 2.45) is 7.05 Å². The molecule has 0 saturated carbocycles. The highest BCUT2D eigenvalue weighted by Gasteiger charge is 2.44. The van der Waals surface area contributed by atoms with Crippen molar-refractivity contribution < 1.29 is 9.63 Å². The van der Waals surface area contributed by atoms with E-state index in [0.29, 0.717) is 28.6 Å². The summed E-state index contributed by atoms with van der Waals surface area (Å²) in [7, 11) is 1.79. The SMILES string of the molecule is Cn1[nH]c(=O)c2ccc(Nc3ncc(-c4nc(C56CCN(CC5)CC6)no4)c(N[C@H](CO)c4ccccc4)n3)cc21. The summed E-state index contributed by atoms with van der Waals surface area (Å²) in [6.45, 7) is 3.01. The number of fused-ring (bicyclic) bond motifs is 4. The van der Waals surface area contributed by atoms with E-state index in [9.17, 15) is 9.90 Å². The van der Waals surface area contributed by atoms with Gasteiger partial charge < -0.3 is 25.2 Å². The third-order valence-corrected chi connectivity index (χ3v) is 8.46. The van der Waals surface area contributed by atoms with Crippen LogP contribution in [0.3, 0.4) is 0 Å². The zero-order valence-electron chi connectivity index (χ0n) is 22.7. The summed E-state index contributed by atoms with van der Waals surface area (Å²) >= 11 is 0. The van der Waals surface area contributed by atoms with Gasteiger partial charge in [-0.3, -0.25) is 14.6 Å². The molecule has 210 valence electrons. The van der Waals surface area contributed by atoms with E-state index < -0.39 is 6.04 Å². The number of aryl methyl sites for hydroxylation is 1. The molecule has 3 aliphatic heterocycles. The van der Waals surface area contributed by atoms with E-state index in [0.717, 1.165) is 61.5 Å². The number of anilines is 3. The molecule has 2 bridgehead atoms. The molecule has 5 aromatic rings. The maximum Gasteiger partial charge on any atom is 0.271 e. The Hall–Kier alpha value is -4.55. The van der Waals surface area contributed by atoms with Gasteiger partial charge in [-0.2, -0.15) is 9.97 Å². The first-order valence-corrected chi connectivity index (χ1v) is 13.8. The molecule has 0 unspecified atom stereocenters. The van der Waals surface area contributed by atoms with Gasteiger partial charge in [-0.05, 0) is 62.7 Å². The number of nitrogens with zero attached hydrogens (tertiary/aromatic N) is 6. The van der Waals surface area contributed by atoms with Gasteiger partial charge in [-0.25, -0.2) is 4.98 Å². The summed E-state index contributed by atoms with van der Waals surface area (Å²) < 4.78 is 7.49. The number of aromatic amines is 1. The highest BCUT2D eigenvalue weighted by atomic mass is 16.5. The van der Waals surface area contributed by atoms with Crippen molar-refractivity contribution in [2.75, 3.05) is 36.9 Å². The minimum atomic E-state index is -0.424. The number of aliphatic hydroxyl groups is 1. The lowest BCUT2D eigenvalue weighted by Crippen LogP contribution is -2.51. The number of hydrogen-bond donors (Lipinski definition) is 4. The molecule has 8 rings (SSSR count). The van der Waals surface area contributed by atoms with Crippen LogP contribution in [0, 0.1) is 0 Å². The number of nitrogens with one attached hydrogen (secondary N) is 3. The van der Waals surface area contributed by atoms with Crippen LogP contribution in [0.25, 0.3) is 22.4 Å². The first kappa shape index (κ1) is 25.4. The Morgan fingerprint density at radius 2 is 1.88 bits per heavy atom. The number of piperidine rings is 3. The molecule has 0 aliphatic carbocycles. The maximum absolute atomic E-state index is 12.1. The standard InChI is InChI=1S/C29H31N9O3/c1-37-23-15-19(7-8-20(23)25(40)35-37)31-28-30-16-21(24(33-28)32-22(17-39)18-5-3-2-4-6-18)26-34-27(36-41-26)29-9-12-38(13-10-29)14-11-29/h2-8,15-16,22,39H,9-14,17H2,1H3,(H,35,40)(H2,30,31,32,33)/t22-/m1/s1. The highest BCUT2D eigenvalue weighted by molar-refractivity contribution is 5.83. The average Bonchev–Trinajstić information content (AvgIpc) is 3.62. The molecule has 41 heavy (non-hydrogen) atoms. The normalized spacial score (nSPS) is 20.8. The van der Waals surface area contributed by atoms with Gasteiger partial charge in [0.1, 0.15) is 11.4 Å². The molecule has 3 saturated heterocycles. The second kappa shape index (κ2) is 10.1. The summed E-state index contributed by atoms with van der Waals surface area (Å²) in [6.07, 6.45) is 4.72. The van der Waals surface area contributed by atoms with Crippen LogP contribution in [0.4, 0.5) is 17.5 Å². The van der Waals surface area contributed by atoms with Gasteiger partial charge in [-0.1, -0.05) is 35.5 Å². The van der Waals surface area contributed by atoms with E-state index in [-0.39, 0.29) is 17.6 Å². The van der Waals surface area contributed by atoms with Crippen LogP contribution in [-0.4, -0.2) is 66.1 Å². The molecule has 0 radical (unpaired) electrons. The molecule has 0 spiro atoms. The second-order valence-corrected chi connectivity index (χ2v) is 10.9. The van der Waals surface area contributed by atoms with Crippen molar-refractivity contribution in [2.45, 2.75) is 30.7 Å². The Bertz CT molecular complexity index is 1740. The van der Waals surface area contributed by atoms with Crippen LogP contribution in [-0.2, 0) is 12.5 Å². The van der Waals surface area contributed by atoms with Crippen LogP contribution in [0.2, 0.25) is 0 Å². The van der Waals surface area contributed by atoms with Gasteiger partial charge in [0.15, 0.2) is 5.82 Å². The lowest BCUT2D eigenvalue weighted by Gasteiger charge is -2.46. The van der Waals surface area contributed by atoms with Gasteiger partial charge >= 0.3 is 0 Å². The van der Waals surface area contributed by atoms with Crippen molar-refractivity contribution in [3.05, 3.63) is 76.5 Å². The number of aromatic nitrogens is 6. The minimum absolute atomic E-state index is 0.0545. The summed E-state index contributed by atoms with van der Waals surface area (Å²) in [5, 5.41) is 24.7. The predicted octanol–water partition coefficient (Wildman–Crippen LogP) is 3.33. The molecular weight excluding hydrogens is 522 g/mol. The summed E-state index contributed by atoms with van der Waals surface area (Å²) in [5.41, 5.74) is 2.74. The minimum Gasteiger partial charge on any atom is -0.394 e. The predicted molar refractivity (Wildman–Crippen MR) is 154 cm³/mol. The maximum atomic E-state index is 12.1. The summed E-state index contributed by atoms with van der Waals surface area (Å²) in [4.78, 5) is 28.8. The second-order valence-electron chi connectivity index (χ2n) is 10.9. The highest BCUT2D eigenvalue weighted by Crippen LogP contribution is 2.42. The van der Waals surface area contributed by atoms with Gasteiger partial charge in [0.05, 0.1) is 23.6 Å². The van der Waals surface area contributed by atoms with E-state index in [1.54, 1.807) is 24.0 Å². The molecule has 3 fully saturated rings. The molecular formula is C29H31N9O3. The van der Waals surface area contributed by atoms with E-state index in [2.05, 4.69) is 30.8 Å². The lowest BCUT2D eigenvalue weighted by atomic mass is 9.71. The fourth-order valence-electron chi connectivity index (χ4n) is 5.98. The van der Waals surface area contributed by atoms with Crippen molar-refractivity contribution >= 4 is 28.4 Å². The van der Waals surface area contributed by atoms with Crippen molar-refractivity contribution in [3.63, 3.8) is 0 Å². The van der Waals surface area contributed by atoms with Crippen molar-refractivity contribution in [1.29, 1.82) is 0 Å².